The van der Waals surface area contributed by atoms with Gasteiger partial charge in [-0.15, -0.1) is 0 Å². The molecule has 1 heterocycles. The van der Waals surface area contributed by atoms with Crippen molar-refractivity contribution in [2.24, 2.45) is 5.73 Å². The molecule has 0 aromatic heterocycles. The van der Waals surface area contributed by atoms with Crippen molar-refractivity contribution in [1.82, 2.24) is 5.32 Å². The highest BCUT2D eigenvalue weighted by Gasteiger charge is 2.33. The van der Waals surface area contributed by atoms with E-state index in [0.29, 0.717) is 12.3 Å². The molecule has 0 radical (unpaired) electrons. The Hall–Kier alpha value is -1.06. The predicted molar refractivity (Wildman–Crippen MR) is 56.1 cm³/mol. The second-order valence-corrected chi connectivity index (χ2v) is 3.87. The zero-order valence-electron chi connectivity index (χ0n) is 8.16. The Morgan fingerprint density at radius 2 is 2.36 bits per heavy atom. The van der Waals surface area contributed by atoms with Crippen LogP contribution < -0.4 is 11.1 Å². The van der Waals surface area contributed by atoms with Crippen molar-refractivity contribution in [2.75, 3.05) is 13.1 Å². The summed E-state index contributed by atoms with van der Waals surface area (Å²) >= 11 is 0. The van der Waals surface area contributed by atoms with Gasteiger partial charge in [0.1, 0.15) is 5.75 Å². The number of hydrogen-bond acceptors (Lipinski definition) is 3. The van der Waals surface area contributed by atoms with Gasteiger partial charge in [-0.25, -0.2) is 0 Å². The Labute approximate surface area is 83.9 Å². The zero-order valence-corrected chi connectivity index (χ0v) is 8.16. The molecule has 1 aliphatic heterocycles. The molecule has 2 rings (SSSR count). The second-order valence-electron chi connectivity index (χ2n) is 3.87. The maximum absolute atomic E-state index is 9.41. The van der Waals surface area contributed by atoms with E-state index < -0.39 is 0 Å². The number of hydrogen-bond donors (Lipinski definition) is 3. The fourth-order valence-corrected chi connectivity index (χ4v) is 2.15. The van der Waals surface area contributed by atoms with Crippen molar-refractivity contribution in [3.05, 3.63) is 29.8 Å². The number of benzene rings is 1. The summed E-state index contributed by atoms with van der Waals surface area (Å²) in [4.78, 5) is 0. The van der Waals surface area contributed by atoms with Crippen LogP contribution in [0, 0.1) is 0 Å². The van der Waals surface area contributed by atoms with E-state index >= 15 is 0 Å². The molecule has 76 valence electrons. The summed E-state index contributed by atoms with van der Waals surface area (Å²) in [6.45, 7) is 1.59. The molecule has 0 bridgehead atoms. The van der Waals surface area contributed by atoms with E-state index in [4.69, 9.17) is 5.73 Å². The van der Waals surface area contributed by atoms with Crippen LogP contribution in [0.1, 0.15) is 18.4 Å². The number of aromatic hydroxyl groups is 1. The molecule has 0 saturated carbocycles. The van der Waals surface area contributed by atoms with Crippen LogP contribution in [0.5, 0.6) is 5.75 Å². The fraction of sp³-hybridized carbons (Fsp3) is 0.455. The summed E-state index contributed by atoms with van der Waals surface area (Å²) < 4.78 is 0. The Morgan fingerprint density at radius 3 is 2.93 bits per heavy atom. The molecule has 1 aromatic rings. The molecule has 0 spiro atoms. The van der Waals surface area contributed by atoms with Crippen LogP contribution in [0.3, 0.4) is 0 Å². The first-order chi connectivity index (χ1) is 6.77. The average molecular weight is 192 g/mol. The number of nitrogens with one attached hydrogen (secondary N) is 1. The molecular weight excluding hydrogens is 176 g/mol. The quantitative estimate of drug-likeness (QED) is 0.653. The van der Waals surface area contributed by atoms with Gasteiger partial charge in [0, 0.05) is 6.54 Å². The molecule has 4 N–H and O–H groups in total. The van der Waals surface area contributed by atoms with Gasteiger partial charge in [-0.2, -0.15) is 0 Å². The summed E-state index contributed by atoms with van der Waals surface area (Å²) in [7, 11) is 0. The van der Waals surface area contributed by atoms with Crippen LogP contribution in [0.4, 0.5) is 0 Å². The van der Waals surface area contributed by atoms with Crippen LogP contribution in [-0.4, -0.2) is 18.2 Å². The summed E-state index contributed by atoms with van der Waals surface area (Å²) in [6.07, 6.45) is 2.19. The van der Waals surface area contributed by atoms with Crippen molar-refractivity contribution in [2.45, 2.75) is 18.4 Å². The topological polar surface area (TPSA) is 58.3 Å². The molecule has 1 saturated heterocycles. The monoisotopic (exact) mass is 192 g/mol. The van der Waals surface area contributed by atoms with Gasteiger partial charge in [-0.1, -0.05) is 12.1 Å². The highest BCUT2D eigenvalue weighted by Crippen LogP contribution is 2.31. The lowest BCUT2D eigenvalue weighted by Gasteiger charge is -2.28. The minimum Gasteiger partial charge on any atom is -0.508 e. The summed E-state index contributed by atoms with van der Waals surface area (Å²) in [5.41, 5.74) is 6.79. The van der Waals surface area contributed by atoms with Gasteiger partial charge in [-0.05, 0) is 37.1 Å². The largest absolute Gasteiger partial charge is 0.508 e. The van der Waals surface area contributed by atoms with Gasteiger partial charge in [0.25, 0.3) is 0 Å². The van der Waals surface area contributed by atoms with Crippen molar-refractivity contribution in [3.8, 4) is 5.75 Å². The molecule has 0 aliphatic carbocycles. The Balaban J connectivity index is 2.35. The third-order valence-electron chi connectivity index (χ3n) is 2.99. The highest BCUT2D eigenvalue weighted by atomic mass is 16.3. The van der Waals surface area contributed by atoms with Gasteiger partial charge in [0.2, 0.25) is 0 Å². The number of phenolic OH excluding ortho intramolecular Hbond substituents is 1. The first-order valence-corrected chi connectivity index (χ1v) is 5.01. The standard InChI is InChI=1S/C11H16N2O/c12-8-11(5-2-6-13-11)9-3-1-4-10(14)7-9/h1,3-4,7,13-14H,2,5-6,8,12H2. The molecule has 1 atom stereocenters. The molecular formula is C11H16N2O. The van der Waals surface area contributed by atoms with Crippen LogP contribution in [0.15, 0.2) is 24.3 Å². The van der Waals surface area contributed by atoms with E-state index in [-0.39, 0.29) is 5.54 Å². The number of phenols is 1. The van der Waals surface area contributed by atoms with Crippen LogP contribution >= 0.6 is 0 Å². The predicted octanol–water partition coefficient (Wildman–Crippen LogP) is 0.930. The molecule has 14 heavy (non-hydrogen) atoms. The summed E-state index contributed by atoms with van der Waals surface area (Å²) in [6, 6.07) is 7.36. The third-order valence-corrected chi connectivity index (χ3v) is 2.99. The van der Waals surface area contributed by atoms with Crippen LogP contribution in [0.2, 0.25) is 0 Å². The SMILES string of the molecule is NCC1(c2cccc(O)c2)CCCN1. The maximum atomic E-state index is 9.41. The molecule has 0 amide bonds. The number of nitrogens with two attached hydrogens (primary N) is 1. The average Bonchev–Trinajstić information content (AvgIpc) is 2.67. The Bertz CT molecular complexity index is 319. The van der Waals surface area contributed by atoms with E-state index in [1.54, 1.807) is 12.1 Å². The first kappa shape index (κ1) is 9.49. The highest BCUT2D eigenvalue weighted by molar-refractivity contribution is 5.33. The lowest BCUT2D eigenvalue weighted by atomic mass is 9.88. The van der Waals surface area contributed by atoms with E-state index in [0.717, 1.165) is 24.9 Å². The van der Waals surface area contributed by atoms with Crippen molar-refractivity contribution < 1.29 is 5.11 Å². The van der Waals surface area contributed by atoms with E-state index in [2.05, 4.69) is 5.32 Å². The van der Waals surface area contributed by atoms with Gasteiger partial charge in [-0.3, -0.25) is 0 Å². The molecule has 1 aromatic carbocycles. The molecule has 1 fully saturated rings. The van der Waals surface area contributed by atoms with E-state index in [1.807, 2.05) is 12.1 Å². The van der Waals surface area contributed by atoms with Crippen LogP contribution in [0.25, 0.3) is 0 Å². The minimum absolute atomic E-state index is 0.112. The molecule has 1 unspecified atom stereocenters. The van der Waals surface area contributed by atoms with Gasteiger partial charge < -0.3 is 16.2 Å². The van der Waals surface area contributed by atoms with Gasteiger partial charge in [0.15, 0.2) is 0 Å². The van der Waals surface area contributed by atoms with Gasteiger partial charge >= 0.3 is 0 Å². The summed E-state index contributed by atoms with van der Waals surface area (Å²) in [5.74, 6) is 0.309. The van der Waals surface area contributed by atoms with Crippen molar-refractivity contribution in [1.29, 1.82) is 0 Å². The minimum atomic E-state index is -0.112. The zero-order chi connectivity index (χ0) is 10.0. The molecule has 1 aliphatic rings. The van der Waals surface area contributed by atoms with Crippen LogP contribution in [-0.2, 0) is 5.54 Å². The summed E-state index contributed by atoms with van der Waals surface area (Å²) in [5, 5.41) is 12.8. The number of rotatable bonds is 2. The lowest BCUT2D eigenvalue weighted by molar-refractivity contribution is 0.397. The first-order valence-electron chi connectivity index (χ1n) is 5.01. The second kappa shape index (κ2) is 3.59. The third kappa shape index (κ3) is 1.49. The lowest BCUT2D eigenvalue weighted by Crippen LogP contribution is -2.43. The van der Waals surface area contributed by atoms with E-state index in [9.17, 15) is 5.11 Å². The molecule has 3 heteroatoms. The fourth-order valence-electron chi connectivity index (χ4n) is 2.15. The van der Waals surface area contributed by atoms with Gasteiger partial charge in [0.05, 0.1) is 5.54 Å². The maximum Gasteiger partial charge on any atom is 0.115 e. The van der Waals surface area contributed by atoms with E-state index in [1.165, 1.54) is 0 Å². The molecule has 3 nitrogen and oxygen atoms in total. The smallest absolute Gasteiger partial charge is 0.115 e. The normalized spacial score (nSPS) is 26.6. The van der Waals surface area contributed by atoms with Crippen molar-refractivity contribution >= 4 is 0 Å². The van der Waals surface area contributed by atoms with Crippen molar-refractivity contribution in [3.63, 3.8) is 0 Å². The Morgan fingerprint density at radius 1 is 1.50 bits per heavy atom. The Kier molecular flexibility index (Phi) is 2.44.